The zero-order valence-electron chi connectivity index (χ0n) is 14.1. The lowest BCUT2D eigenvalue weighted by atomic mass is 9.97. The van der Waals surface area contributed by atoms with Gasteiger partial charge in [0.1, 0.15) is 0 Å². The van der Waals surface area contributed by atoms with E-state index in [-0.39, 0.29) is 5.92 Å². The molecule has 4 rings (SSSR count). The van der Waals surface area contributed by atoms with Crippen LogP contribution in [0.3, 0.4) is 0 Å². The van der Waals surface area contributed by atoms with E-state index in [9.17, 15) is 8.78 Å². The third-order valence-electron chi connectivity index (χ3n) is 4.63. The summed E-state index contributed by atoms with van der Waals surface area (Å²) in [6.45, 7) is 1.87. The average Bonchev–Trinajstić information content (AvgIpc) is 3.17. The van der Waals surface area contributed by atoms with Crippen LogP contribution in [0.4, 0.5) is 8.78 Å². The molecule has 0 spiro atoms. The number of rotatable bonds is 4. The molecule has 5 nitrogen and oxygen atoms in total. The molecule has 134 valence electrons. The van der Waals surface area contributed by atoms with Gasteiger partial charge >= 0.3 is 0 Å². The van der Waals surface area contributed by atoms with Crippen molar-refractivity contribution in [3.8, 4) is 11.5 Å². The van der Waals surface area contributed by atoms with Gasteiger partial charge < -0.3 is 4.42 Å². The predicted molar refractivity (Wildman–Crippen MR) is 91.1 cm³/mol. The van der Waals surface area contributed by atoms with Gasteiger partial charge in [0, 0.05) is 31.0 Å². The summed E-state index contributed by atoms with van der Waals surface area (Å²) >= 11 is 0. The van der Waals surface area contributed by atoms with Crippen LogP contribution in [0.15, 0.2) is 47.1 Å². The Morgan fingerprint density at radius 3 is 2.92 bits per heavy atom. The maximum atomic E-state index is 13.9. The Labute approximate surface area is 149 Å². The summed E-state index contributed by atoms with van der Waals surface area (Å²) < 4.78 is 33.2. The second-order valence-corrected chi connectivity index (χ2v) is 6.47. The van der Waals surface area contributed by atoms with Crippen molar-refractivity contribution < 1.29 is 13.2 Å². The molecule has 7 heteroatoms. The summed E-state index contributed by atoms with van der Waals surface area (Å²) in [5.41, 5.74) is 1.15. The van der Waals surface area contributed by atoms with Crippen LogP contribution in [-0.2, 0) is 6.54 Å². The maximum absolute atomic E-state index is 13.9. The van der Waals surface area contributed by atoms with Crippen molar-refractivity contribution in [2.24, 2.45) is 0 Å². The van der Waals surface area contributed by atoms with Crippen LogP contribution in [0.25, 0.3) is 11.5 Å². The fourth-order valence-electron chi connectivity index (χ4n) is 3.32. The van der Waals surface area contributed by atoms with Crippen LogP contribution in [0.5, 0.6) is 0 Å². The summed E-state index contributed by atoms with van der Waals surface area (Å²) in [6, 6.07) is 7.97. The first-order chi connectivity index (χ1) is 12.7. The Hall–Kier alpha value is -2.67. The normalized spacial score (nSPS) is 18.2. The topological polar surface area (TPSA) is 55.1 Å². The highest BCUT2D eigenvalue weighted by molar-refractivity contribution is 5.50. The van der Waals surface area contributed by atoms with Gasteiger partial charge in [-0.25, -0.2) is 8.78 Å². The van der Waals surface area contributed by atoms with Gasteiger partial charge in [-0.2, -0.15) is 0 Å². The van der Waals surface area contributed by atoms with Crippen LogP contribution in [0, 0.1) is 11.6 Å². The van der Waals surface area contributed by atoms with Crippen LogP contribution in [0.2, 0.25) is 0 Å². The summed E-state index contributed by atoms with van der Waals surface area (Å²) in [6.07, 6.45) is 5.23. The van der Waals surface area contributed by atoms with Crippen molar-refractivity contribution in [2.45, 2.75) is 25.3 Å². The lowest BCUT2D eigenvalue weighted by molar-refractivity contribution is 0.184. The van der Waals surface area contributed by atoms with Gasteiger partial charge in [0.15, 0.2) is 11.6 Å². The molecule has 26 heavy (non-hydrogen) atoms. The molecule has 1 aliphatic rings. The number of pyridine rings is 1. The van der Waals surface area contributed by atoms with E-state index in [1.165, 1.54) is 6.07 Å². The SMILES string of the molecule is Fc1cccc(CN2CCCC(c3nnc(-c4cccnc4)o3)C2)c1F. The van der Waals surface area contributed by atoms with Crippen LogP contribution >= 0.6 is 0 Å². The molecule has 0 radical (unpaired) electrons. The summed E-state index contributed by atoms with van der Waals surface area (Å²) in [5.74, 6) is -0.478. The van der Waals surface area contributed by atoms with Gasteiger partial charge in [-0.3, -0.25) is 9.88 Å². The van der Waals surface area contributed by atoms with E-state index in [0.717, 1.165) is 31.0 Å². The maximum Gasteiger partial charge on any atom is 0.249 e. The molecule has 3 aromatic rings. The van der Waals surface area contributed by atoms with Crippen LogP contribution < -0.4 is 0 Å². The smallest absolute Gasteiger partial charge is 0.249 e. The van der Waals surface area contributed by atoms with E-state index < -0.39 is 11.6 Å². The van der Waals surface area contributed by atoms with Crippen molar-refractivity contribution >= 4 is 0 Å². The molecule has 1 atom stereocenters. The zero-order chi connectivity index (χ0) is 17.9. The Kier molecular flexibility index (Phi) is 4.71. The fraction of sp³-hybridized carbons (Fsp3) is 0.316. The zero-order valence-corrected chi connectivity index (χ0v) is 14.1. The first-order valence-corrected chi connectivity index (χ1v) is 8.60. The van der Waals surface area contributed by atoms with E-state index in [1.807, 2.05) is 12.1 Å². The minimum atomic E-state index is -0.811. The number of nitrogens with zero attached hydrogens (tertiary/aromatic N) is 4. The number of hydrogen-bond acceptors (Lipinski definition) is 5. The predicted octanol–water partition coefficient (Wildman–Crippen LogP) is 3.79. The largest absolute Gasteiger partial charge is 0.420 e. The Bertz CT molecular complexity index is 884. The molecule has 1 fully saturated rings. The van der Waals surface area contributed by atoms with Crippen LogP contribution in [-0.4, -0.2) is 33.2 Å². The summed E-state index contributed by atoms with van der Waals surface area (Å²) in [7, 11) is 0. The van der Waals surface area contributed by atoms with Gasteiger partial charge in [-0.05, 0) is 37.6 Å². The summed E-state index contributed by atoms with van der Waals surface area (Å²) in [5, 5.41) is 8.30. The number of aromatic nitrogens is 3. The van der Waals surface area contributed by atoms with Gasteiger partial charge in [-0.15, -0.1) is 10.2 Å². The van der Waals surface area contributed by atoms with Gasteiger partial charge in [-0.1, -0.05) is 12.1 Å². The molecule has 1 saturated heterocycles. The first-order valence-electron chi connectivity index (χ1n) is 8.60. The Morgan fingerprint density at radius 1 is 1.15 bits per heavy atom. The second-order valence-electron chi connectivity index (χ2n) is 6.47. The van der Waals surface area contributed by atoms with Gasteiger partial charge in [0.05, 0.1) is 11.5 Å². The second kappa shape index (κ2) is 7.29. The summed E-state index contributed by atoms with van der Waals surface area (Å²) in [4.78, 5) is 6.15. The van der Waals surface area contributed by atoms with Crippen molar-refractivity contribution in [2.75, 3.05) is 13.1 Å². The van der Waals surface area contributed by atoms with E-state index in [0.29, 0.717) is 30.4 Å². The monoisotopic (exact) mass is 356 g/mol. The lowest BCUT2D eigenvalue weighted by Crippen LogP contribution is -2.34. The molecule has 1 aromatic carbocycles. The molecule has 0 N–H and O–H groups in total. The molecule has 1 aliphatic heterocycles. The molecule has 0 amide bonds. The molecule has 2 aromatic heterocycles. The molecule has 0 aliphatic carbocycles. The highest BCUT2D eigenvalue weighted by atomic mass is 19.2. The standard InChI is InChI=1S/C19H18F2N4O/c20-16-7-1-4-14(17(16)21)11-25-9-3-6-15(12-25)19-24-23-18(26-19)13-5-2-8-22-10-13/h1-2,4-5,7-8,10,15H,3,6,9,11-12H2. The highest BCUT2D eigenvalue weighted by Crippen LogP contribution is 2.29. The van der Waals surface area contributed by atoms with Crippen molar-refractivity contribution in [1.82, 2.24) is 20.1 Å². The number of halogens is 2. The van der Waals surface area contributed by atoms with Gasteiger partial charge in [0.2, 0.25) is 11.8 Å². The molecule has 3 heterocycles. The number of benzene rings is 1. The first kappa shape index (κ1) is 16.8. The van der Waals surface area contributed by atoms with Crippen molar-refractivity contribution in [1.29, 1.82) is 0 Å². The Morgan fingerprint density at radius 2 is 2.08 bits per heavy atom. The quantitative estimate of drug-likeness (QED) is 0.712. The number of piperidine rings is 1. The highest BCUT2D eigenvalue weighted by Gasteiger charge is 2.26. The fourth-order valence-corrected chi connectivity index (χ4v) is 3.32. The van der Waals surface area contributed by atoms with Crippen molar-refractivity contribution in [3.63, 3.8) is 0 Å². The minimum Gasteiger partial charge on any atom is -0.420 e. The van der Waals surface area contributed by atoms with E-state index >= 15 is 0 Å². The average molecular weight is 356 g/mol. The molecular formula is C19H18F2N4O. The number of likely N-dealkylation sites (tertiary alicyclic amines) is 1. The molecule has 0 saturated carbocycles. The lowest BCUT2D eigenvalue weighted by Gasteiger charge is -2.31. The third-order valence-corrected chi connectivity index (χ3v) is 4.63. The minimum absolute atomic E-state index is 0.0818. The number of hydrogen-bond donors (Lipinski definition) is 0. The molecular weight excluding hydrogens is 338 g/mol. The third kappa shape index (κ3) is 3.48. The molecule has 0 bridgehead atoms. The van der Waals surface area contributed by atoms with E-state index in [2.05, 4.69) is 20.1 Å². The van der Waals surface area contributed by atoms with E-state index in [1.54, 1.807) is 18.5 Å². The van der Waals surface area contributed by atoms with Crippen molar-refractivity contribution in [3.05, 3.63) is 65.8 Å². The van der Waals surface area contributed by atoms with Gasteiger partial charge in [0.25, 0.3) is 0 Å². The van der Waals surface area contributed by atoms with Crippen LogP contribution in [0.1, 0.15) is 30.2 Å². The molecule has 1 unspecified atom stereocenters. The Balaban J connectivity index is 1.47. The van der Waals surface area contributed by atoms with E-state index in [4.69, 9.17) is 4.42 Å².